The Labute approximate surface area is 191 Å². The second-order valence-electron chi connectivity index (χ2n) is 9.08. The Bertz CT molecular complexity index is 1070. The summed E-state index contributed by atoms with van der Waals surface area (Å²) in [6, 6.07) is 11.1. The van der Waals surface area contributed by atoms with Gasteiger partial charge in [0.05, 0.1) is 10.6 Å². The Kier molecular flexibility index (Phi) is 5.31. The number of benzene rings is 2. The molecule has 4 rings (SSSR count). The largest absolute Gasteiger partial charge is 0.511 e. The molecule has 2 aromatic carbocycles. The second kappa shape index (κ2) is 7.42. The molecule has 0 aliphatic heterocycles. The summed E-state index contributed by atoms with van der Waals surface area (Å²) in [6.07, 6.45) is 2.39. The van der Waals surface area contributed by atoms with Gasteiger partial charge in [-0.2, -0.15) is 0 Å². The molecule has 5 heteroatoms. The first kappa shape index (κ1) is 21.5. The van der Waals surface area contributed by atoms with E-state index in [4.69, 9.17) is 16.3 Å². The van der Waals surface area contributed by atoms with E-state index in [9.17, 15) is 9.90 Å². The summed E-state index contributed by atoms with van der Waals surface area (Å²) in [5.41, 5.74) is 1.53. The third-order valence-electron chi connectivity index (χ3n) is 7.40. The first-order valence-electron chi connectivity index (χ1n) is 10.3. The second-order valence-corrected chi connectivity index (χ2v) is 10.3. The van der Waals surface area contributed by atoms with Gasteiger partial charge in [0, 0.05) is 21.9 Å². The van der Waals surface area contributed by atoms with Crippen LogP contribution in [-0.2, 0) is 11.2 Å². The fourth-order valence-electron chi connectivity index (χ4n) is 5.05. The highest BCUT2D eigenvalue weighted by Crippen LogP contribution is 2.63. The maximum atomic E-state index is 13.7. The first-order chi connectivity index (χ1) is 14.1. The molecule has 0 saturated heterocycles. The minimum Gasteiger partial charge on any atom is -0.511 e. The first-order valence-corrected chi connectivity index (χ1v) is 11.5. The maximum absolute atomic E-state index is 13.7. The van der Waals surface area contributed by atoms with Crippen LogP contribution < -0.4 is 4.74 Å². The number of allylic oxidation sites excluding steroid dienone is 2. The topological polar surface area (TPSA) is 46.5 Å². The molecule has 0 unspecified atom stereocenters. The van der Waals surface area contributed by atoms with Crippen molar-refractivity contribution in [2.45, 2.75) is 47.0 Å². The fourth-order valence-corrected chi connectivity index (χ4v) is 5.47. The number of ketones is 1. The molecular weight excluding hydrogens is 464 g/mol. The van der Waals surface area contributed by atoms with E-state index in [1.165, 1.54) is 0 Å². The molecule has 1 fully saturated rings. The van der Waals surface area contributed by atoms with Crippen molar-refractivity contribution >= 4 is 38.9 Å². The van der Waals surface area contributed by atoms with Crippen molar-refractivity contribution in [3.05, 3.63) is 62.8 Å². The van der Waals surface area contributed by atoms with Crippen molar-refractivity contribution in [2.75, 3.05) is 0 Å². The van der Waals surface area contributed by atoms with Crippen LogP contribution in [0.2, 0.25) is 5.02 Å². The highest BCUT2D eigenvalue weighted by molar-refractivity contribution is 9.10. The lowest BCUT2D eigenvalue weighted by molar-refractivity contribution is -0.128. The number of ether oxygens (including phenoxy) is 1. The molecule has 2 aliphatic rings. The monoisotopic (exact) mass is 488 g/mol. The van der Waals surface area contributed by atoms with E-state index in [-0.39, 0.29) is 22.9 Å². The summed E-state index contributed by atoms with van der Waals surface area (Å²) >= 11 is 9.57. The average Bonchev–Trinajstić information content (AvgIpc) is 2.88. The lowest BCUT2D eigenvalue weighted by Gasteiger charge is -2.45. The van der Waals surface area contributed by atoms with E-state index in [0.29, 0.717) is 22.1 Å². The van der Waals surface area contributed by atoms with E-state index in [2.05, 4.69) is 43.6 Å². The molecule has 0 spiro atoms. The van der Waals surface area contributed by atoms with Gasteiger partial charge in [0.1, 0.15) is 17.3 Å². The van der Waals surface area contributed by atoms with Gasteiger partial charge >= 0.3 is 0 Å². The lowest BCUT2D eigenvalue weighted by Crippen LogP contribution is -2.45. The van der Waals surface area contributed by atoms with Crippen LogP contribution in [0, 0.1) is 16.7 Å². The standard InChI is InChI=1S/C25H26BrClO3/c1-5-14-6-7-15(30-16-8-9-19(26)20(27)13-16)12-17(14)21-22(28)18-10-11-25(4,23(21)29)24(18,2)3/h6-9,12-13,18,28H,5,10-11H2,1-4H3/t18-,25+/m0/s1. The molecule has 3 nitrogen and oxygen atoms in total. The van der Waals surface area contributed by atoms with Crippen molar-refractivity contribution < 1.29 is 14.6 Å². The van der Waals surface area contributed by atoms with Gasteiger partial charge in [-0.25, -0.2) is 0 Å². The molecule has 158 valence electrons. The van der Waals surface area contributed by atoms with Crippen molar-refractivity contribution in [3.8, 4) is 11.5 Å². The highest BCUT2D eigenvalue weighted by atomic mass is 79.9. The van der Waals surface area contributed by atoms with E-state index in [1.54, 1.807) is 6.07 Å². The van der Waals surface area contributed by atoms with Crippen molar-refractivity contribution in [2.24, 2.45) is 16.7 Å². The number of aliphatic hydroxyl groups is 1. The molecular formula is C25H26BrClO3. The number of aryl methyl sites for hydroxylation is 1. The molecule has 0 radical (unpaired) electrons. The van der Waals surface area contributed by atoms with Crippen LogP contribution in [-0.4, -0.2) is 10.9 Å². The zero-order chi connectivity index (χ0) is 21.8. The van der Waals surface area contributed by atoms with E-state index >= 15 is 0 Å². The van der Waals surface area contributed by atoms with Gasteiger partial charge in [-0.05, 0) is 76.0 Å². The summed E-state index contributed by atoms with van der Waals surface area (Å²) in [5, 5.41) is 11.8. The zero-order valence-electron chi connectivity index (χ0n) is 17.7. The van der Waals surface area contributed by atoms with Crippen LogP contribution in [0.3, 0.4) is 0 Å². The predicted molar refractivity (Wildman–Crippen MR) is 124 cm³/mol. The van der Waals surface area contributed by atoms with Gasteiger partial charge in [0.15, 0.2) is 5.78 Å². The van der Waals surface area contributed by atoms with Crippen LogP contribution in [0.1, 0.15) is 51.7 Å². The van der Waals surface area contributed by atoms with E-state index in [1.807, 2.05) is 30.3 Å². The predicted octanol–water partition coefficient (Wildman–Crippen LogP) is 7.75. The van der Waals surface area contributed by atoms with Crippen molar-refractivity contribution in [3.63, 3.8) is 0 Å². The summed E-state index contributed by atoms with van der Waals surface area (Å²) in [4.78, 5) is 13.7. The summed E-state index contributed by atoms with van der Waals surface area (Å²) in [7, 11) is 0. The molecule has 1 N–H and O–H groups in total. The normalized spacial score (nSPS) is 25.0. The van der Waals surface area contributed by atoms with Crippen molar-refractivity contribution in [1.29, 1.82) is 0 Å². The van der Waals surface area contributed by atoms with Gasteiger partial charge in [0.2, 0.25) is 0 Å². The minimum absolute atomic E-state index is 0.00485. The van der Waals surface area contributed by atoms with Crippen molar-refractivity contribution in [1.82, 2.24) is 0 Å². The number of carbonyl (C=O) groups is 1. The summed E-state index contributed by atoms with van der Waals surface area (Å²) in [6.45, 7) is 8.32. The molecule has 2 aliphatic carbocycles. The molecule has 0 heterocycles. The Balaban J connectivity index is 1.80. The van der Waals surface area contributed by atoms with Crippen LogP contribution in [0.15, 0.2) is 46.6 Å². The lowest BCUT2D eigenvalue weighted by atomic mass is 9.58. The van der Waals surface area contributed by atoms with E-state index < -0.39 is 5.41 Å². The summed E-state index contributed by atoms with van der Waals surface area (Å²) < 4.78 is 6.83. The Morgan fingerprint density at radius 1 is 1.17 bits per heavy atom. The number of Topliss-reactive ketones (excluding diaryl/α,β-unsaturated/α-hetero) is 1. The molecule has 2 bridgehead atoms. The fraction of sp³-hybridized carbons (Fsp3) is 0.400. The molecule has 30 heavy (non-hydrogen) atoms. The van der Waals surface area contributed by atoms with Gasteiger partial charge in [-0.3, -0.25) is 4.79 Å². The number of carbonyl (C=O) groups excluding carboxylic acids is 1. The minimum atomic E-state index is -0.472. The Morgan fingerprint density at radius 3 is 2.50 bits per heavy atom. The van der Waals surface area contributed by atoms with E-state index in [0.717, 1.165) is 34.9 Å². The number of aliphatic hydroxyl groups excluding tert-OH is 1. The number of halogens is 2. The number of rotatable bonds is 4. The quantitative estimate of drug-likeness (QED) is 0.477. The Morgan fingerprint density at radius 2 is 1.83 bits per heavy atom. The zero-order valence-corrected chi connectivity index (χ0v) is 20.0. The number of fused-ring (bicyclic) bond motifs is 2. The van der Waals surface area contributed by atoms with Gasteiger partial charge in [0.25, 0.3) is 0 Å². The SMILES string of the molecule is CCc1ccc(Oc2ccc(Br)c(Cl)c2)cc1C1=C(O)[C@@H]2CC[C@](C)(C1=O)C2(C)C. The van der Waals surface area contributed by atoms with Crippen LogP contribution in [0.25, 0.3) is 5.57 Å². The molecule has 1 saturated carbocycles. The third-order valence-corrected chi connectivity index (χ3v) is 8.63. The highest BCUT2D eigenvalue weighted by Gasteiger charge is 2.61. The van der Waals surface area contributed by atoms with Gasteiger partial charge in [-0.1, -0.05) is 45.4 Å². The maximum Gasteiger partial charge on any atom is 0.173 e. The van der Waals surface area contributed by atoms with Crippen LogP contribution in [0.4, 0.5) is 0 Å². The molecule has 2 aromatic rings. The Hall–Kier alpha value is -1.78. The average molecular weight is 490 g/mol. The third kappa shape index (κ3) is 3.11. The summed E-state index contributed by atoms with van der Waals surface area (Å²) in [5.74, 6) is 1.49. The number of hydrogen-bond acceptors (Lipinski definition) is 3. The molecule has 0 amide bonds. The number of hydrogen-bond donors (Lipinski definition) is 1. The molecule has 2 atom stereocenters. The van der Waals surface area contributed by atoms with Gasteiger partial charge in [-0.15, -0.1) is 0 Å². The van der Waals surface area contributed by atoms with Crippen LogP contribution in [0.5, 0.6) is 11.5 Å². The molecule has 0 aromatic heterocycles. The smallest absolute Gasteiger partial charge is 0.173 e. The van der Waals surface area contributed by atoms with Crippen LogP contribution >= 0.6 is 27.5 Å². The van der Waals surface area contributed by atoms with Gasteiger partial charge < -0.3 is 9.84 Å².